The van der Waals surface area contributed by atoms with Gasteiger partial charge in [-0.2, -0.15) is 0 Å². The summed E-state index contributed by atoms with van der Waals surface area (Å²) < 4.78 is 16.1. The van der Waals surface area contributed by atoms with Crippen LogP contribution in [0.3, 0.4) is 0 Å². The number of ether oxygens (including phenoxy) is 3. The molecule has 3 rings (SSSR count). The van der Waals surface area contributed by atoms with E-state index in [1.54, 1.807) is 21.3 Å². The van der Waals surface area contributed by atoms with Crippen molar-refractivity contribution in [2.45, 2.75) is 25.2 Å². The SMILES string of the molecule is COc1cc(CC(=O)N2CCC(c3ccccc3)CC2)cc(OC)c1OC. The third-order valence-corrected chi connectivity index (χ3v) is 5.20. The number of carbonyl (C=O) groups is 1. The highest BCUT2D eigenvalue weighted by Gasteiger charge is 2.24. The van der Waals surface area contributed by atoms with Crippen LogP contribution in [0.15, 0.2) is 42.5 Å². The third kappa shape index (κ3) is 4.35. The van der Waals surface area contributed by atoms with Gasteiger partial charge in [-0.3, -0.25) is 4.79 Å². The minimum Gasteiger partial charge on any atom is -0.493 e. The molecule has 0 aliphatic carbocycles. The smallest absolute Gasteiger partial charge is 0.226 e. The van der Waals surface area contributed by atoms with Gasteiger partial charge in [0.05, 0.1) is 27.8 Å². The molecule has 0 aromatic heterocycles. The van der Waals surface area contributed by atoms with E-state index >= 15 is 0 Å². The van der Waals surface area contributed by atoms with Crippen LogP contribution in [0.5, 0.6) is 17.2 Å². The molecule has 2 aromatic rings. The molecular formula is C22H27NO4. The van der Waals surface area contributed by atoms with Crippen LogP contribution in [0.25, 0.3) is 0 Å². The van der Waals surface area contributed by atoms with Gasteiger partial charge in [-0.25, -0.2) is 0 Å². The van der Waals surface area contributed by atoms with Gasteiger partial charge in [0.1, 0.15) is 0 Å². The maximum absolute atomic E-state index is 12.8. The number of piperidine rings is 1. The molecule has 1 aliphatic rings. The van der Waals surface area contributed by atoms with E-state index in [2.05, 4.69) is 24.3 Å². The van der Waals surface area contributed by atoms with E-state index in [9.17, 15) is 4.79 Å². The van der Waals surface area contributed by atoms with Crippen LogP contribution in [-0.2, 0) is 11.2 Å². The van der Waals surface area contributed by atoms with Crippen molar-refractivity contribution in [2.75, 3.05) is 34.4 Å². The Hall–Kier alpha value is -2.69. The van der Waals surface area contributed by atoms with Gasteiger partial charge >= 0.3 is 0 Å². The highest BCUT2D eigenvalue weighted by atomic mass is 16.5. The quantitative estimate of drug-likeness (QED) is 0.780. The molecular weight excluding hydrogens is 342 g/mol. The first-order valence-corrected chi connectivity index (χ1v) is 9.27. The van der Waals surface area contributed by atoms with E-state index in [0.29, 0.717) is 29.6 Å². The Kier molecular flexibility index (Phi) is 6.22. The molecule has 1 fully saturated rings. The molecule has 1 saturated heterocycles. The van der Waals surface area contributed by atoms with Crippen LogP contribution in [0.1, 0.15) is 29.9 Å². The van der Waals surface area contributed by atoms with Crippen LogP contribution in [0.2, 0.25) is 0 Å². The highest BCUT2D eigenvalue weighted by Crippen LogP contribution is 2.38. The van der Waals surface area contributed by atoms with Crippen molar-refractivity contribution in [3.8, 4) is 17.2 Å². The van der Waals surface area contributed by atoms with E-state index in [-0.39, 0.29) is 5.91 Å². The van der Waals surface area contributed by atoms with E-state index in [0.717, 1.165) is 31.5 Å². The molecule has 1 heterocycles. The summed E-state index contributed by atoms with van der Waals surface area (Å²) in [5.74, 6) is 2.36. The summed E-state index contributed by atoms with van der Waals surface area (Å²) in [5, 5.41) is 0. The number of benzene rings is 2. The number of hydrogen-bond acceptors (Lipinski definition) is 4. The summed E-state index contributed by atoms with van der Waals surface area (Å²) in [7, 11) is 4.73. The second-order valence-electron chi connectivity index (χ2n) is 6.78. The van der Waals surface area contributed by atoms with E-state index in [4.69, 9.17) is 14.2 Å². The molecule has 0 radical (unpaired) electrons. The first-order chi connectivity index (χ1) is 13.2. The summed E-state index contributed by atoms with van der Waals surface area (Å²) in [4.78, 5) is 14.7. The van der Waals surface area contributed by atoms with Gasteiger partial charge in [-0.15, -0.1) is 0 Å². The Morgan fingerprint density at radius 3 is 2.07 bits per heavy atom. The first kappa shape index (κ1) is 19.1. The third-order valence-electron chi connectivity index (χ3n) is 5.20. The molecule has 5 nitrogen and oxygen atoms in total. The summed E-state index contributed by atoms with van der Waals surface area (Å²) in [6.45, 7) is 1.59. The Morgan fingerprint density at radius 2 is 1.56 bits per heavy atom. The van der Waals surface area contributed by atoms with Crippen LogP contribution in [-0.4, -0.2) is 45.2 Å². The molecule has 0 spiro atoms. The van der Waals surface area contributed by atoms with Crippen LogP contribution in [0.4, 0.5) is 0 Å². The largest absolute Gasteiger partial charge is 0.493 e. The van der Waals surface area contributed by atoms with Crippen molar-refractivity contribution in [3.05, 3.63) is 53.6 Å². The Bertz CT molecular complexity index is 742. The predicted molar refractivity (Wildman–Crippen MR) is 105 cm³/mol. The Labute approximate surface area is 160 Å². The maximum atomic E-state index is 12.8. The zero-order valence-corrected chi connectivity index (χ0v) is 16.2. The number of carbonyl (C=O) groups excluding carboxylic acids is 1. The van der Waals surface area contributed by atoms with Gasteiger partial charge in [0.25, 0.3) is 0 Å². The molecule has 0 atom stereocenters. The Balaban J connectivity index is 1.64. The molecule has 0 N–H and O–H groups in total. The number of methoxy groups -OCH3 is 3. The number of likely N-dealkylation sites (tertiary alicyclic amines) is 1. The fraction of sp³-hybridized carbons (Fsp3) is 0.409. The van der Waals surface area contributed by atoms with Crippen molar-refractivity contribution in [3.63, 3.8) is 0 Å². The van der Waals surface area contributed by atoms with Crippen LogP contribution < -0.4 is 14.2 Å². The predicted octanol–water partition coefficient (Wildman–Crippen LogP) is 3.66. The number of rotatable bonds is 6. The molecule has 1 aliphatic heterocycles. The lowest BCUT2D eigenvalue weighted by Crippen LogP contribution is -2.38. The van der Waals surface area contributed by atoms with Gasteiger partial charge in [0, 0.05) is 13.1 Å². The zero-order valence-electron chi connectivity index (χ0n) is 16.2. The van der Waals surface area contributed by atoms with Crippen molar-refractivity contribution in [2.24, 2.45) is 0 Å². The molecule has 1 amide bonds. The lowest BCUT2D eigenvalue weighted by molar-refractivity contribution is -0.131. The summed E-state index contributed by atoms with van der Waals surface area (Å²) in [6.07, 6.45) is 2.34. The molecule has 0 unspecified atom stereocenters. The number of nitrogens with zero attached hydrogens (tertiary/aromatic N) is 1. The lowest BCUT2D eigenvalue weighted by Gasteiger charge is -2.32. The molecule has 0 bridgehead atoms. The molecule has 144 valence electrons. The van der Waals surface area contributed by atoms with Crippen LogP contribution >= 0.6 is 0 Å². The Morgan fingerprint density at radius 1 is 0.963 bits per heavy atom. The summed E-state index contributed by atoms with van der Waals surface area (Å²) in [5.41, 5.74) is 2.23. The monoisotopic (exact) mass is 369 g/mol. The molecule has 5 heteroatoms. The number of amides is 1. The van der Waals surface area contributed by atoms with Gasteiger partial charge < -0.3 is 19.1 Å². The molecule has 27 heavy (non-hydrogen) atoms. The van der Waals surface area contributed by atoms with E-state index in [1.807, 2.05) is 23.1 Å². The standard InChI is InChI=1S/C22H27NO4/c1-25-19-13-16(14-20(26-2)22(19)27-3)15-21(24)23-11-9-18(10-12-23)17-7-5-4-6-8-17/h4-8,13-14,18H,9-12,15H2,1-3H3. The summed E-state index contributed by atoms with van der Waals surface area (Å²) in [6, 6.07) is 14.2. The van der Waals surface area contributed by atoms with Crippen LogP contribution in [0, 0.1) is 0 Å². The summed E-state index contributed by atoms with van der Waals surface area (Å²) >= 11 is 0. The topological polar surface area (TPSA) is 48.0 Å². The maximum Gasteiger partial charge on any atom is 0.226 e. The van der Waals surface area contributed by atoms with Gasteiger partial charge in [0.2, 0.25) is 11.7 Å². The van der Waals surface area contributed by atoms with Crippen molar-refractivity contribution >= 4 is 5.91 Å². The molecule has 0 saturated carbocycles. The average Bonchev–Trinajstić information content (AvgIpc) is 2.73. The van der Waals surface area contributed by atoms with Gasteiger partial charge in [0.15, 0.2) is 11.5 Å². The fourth-order valence-corrected chi connectivity index (χ4v) is 3.71. The van der Waals surface area contributed by atoms with Gasteiger partial charge in [-0.1, -0.05) is 30.3 Å². The first-order valence-electron chi connectivity index (χ1n) is 9.27. The van der Waals surface area contributed by atoms with E-state index in [1.165, 1.54) is 5.56 Å². The average molecular weight is 369 g/mol. The molecule has 2 aromatic carbocycles. The van der Waals surface area contributed by atoms with E-state index < -0.39 is 0 Å². The fourth-order valence-electron chi connectivity index (χ4n) is 3.71. The van der Waals surface area contributed by atoms with Crippen molar-refractivity contribution in [1.29, 1.82) is 0 Å². The number of hydrogen-bond donors (Lipinski definition) is 0. The normalized spacial score (nSPS) is 14.7. The minimum absolute atomic E-state index is 0.135. The second kappa shape index (κ2) is 8.80. The van der Waals surface area contributed by atoms with Crippen molar-refractivity contribution < 1.29 is 19.0 Å². The highest BCUT2D eigenvalue weighted by molar-refractivity contribution is 5.79. The second-order valence-corrected chi connectivity index (χ2v) is 6.78. The zero-order chi connectivity index (χ0) is 19.2. The van der Waals surface area contributed by atoms with Crippen molar-refractivity contribution in [1.82, 2.24) is 4.90 Å². The lowest BCUT2D eigenvalue weighted by atomic mass is 9.89. The minimum atomic E-state index is 0.135. The van der Waals surface area contributed by atoms with Gasteiger partial charge in [-0.05, 0) is 42.0 Å².